The van der Waals surface area contributed by atoms with E-state index in [1.54, 1.807) is 6.07 Å². The molecule has 0 bridgehead atoms. The van der Waals surface area contributed by atoms with Crippen molar-refractivity contribution >= 4 is 29.1 Å². The highest BCUT2D eigenvalue weighted by Crippen LogP contribution is 2.34. The van der Waals surface area contributed by atoms with Crippen molar-refractivity contribution in [3.8, 4) is 23.0 Å². The Kier molecular flexibility index (Phi) is 6.50. The first kappa shape index (κ1) is 22.4. The summed E-state index contributed by atoms with van der Waals surface area (Å²) < 4.78 is 29.2. The number of nitrogens with zero attached hydrogens (tertiary/aromatic N) is 1. The number of fused-ring (bicyclic) bond motifs is 1. The number of isothiocyanates is 1. The number of hydrogen-bond acceptors (Lipinski definition) is 2. The Balaban J connectivity index is 1.30. The first-order valence-corrected chi connectivity index (χ1v) is 12.0. The summed E-state index contributed by atoms with van der Waals surface area (Å²) in [5.41, 5.74) is 5.95. The van der Waals surface area contributed by atoms with Crippen LogP contribution in [0.1, 0.15) is 47.9 Å². The number of benzene rings is 3. The normalized spacial score (nSPS) is 14.7. The van der Waals surface area contributed by atoms with Gasteiger partial charge in [0.05, 0.1) is 16.4 Å². The SMILES string of the molecule is Fc1cc(N=C=S)cc(F)c1-c1ccc2c(c1)CC(C#Cc1ccc(CC3CCCC3)cc1)=C2. The standard InChI is InChI=1S/C30H23F2NS/c31-28-17-27(33-19-34)18-29(32)30(28)25-12-11-24-14-23(15-26(24)16-25)10-7-20-5-8-22(9-6-20)13-21-3-1-2-4-21/h5-6,8-9,11-12,14,16-18,21H,1-4,13,15H2. The molecule has 2 aliphatic carbocycles. The monoisotopic (exact) mass is 467 g/mol. The van der Waals surface area contributed by atoms with Gasteiger partial charge in [0.15, 0.2) is 0 Å². The molecule has 0 amide bonds. The molecule has 2 aliphatic rings. The van der Waals surface area contributed by atoms with E-state index >= 15 is 0 Å². The number of hydrogen-bond donors (Lipinski definition) is 0. The van der Waals surface area contributed by atoms with Gasteiger partial charge in [-0.1, -0.05) is 61.8 Å². The van der Waals surface area contributed by atoms with E-state index in [0.717, 1.165) is 28.2 Å². The number of thiocarbonyl (C=S) groups is 1. The van der Waals surface area contributed by atoms with Crippen molar-refractivity contribution in [1.82, 2.24) is 0 Å². The van der Waals surface area contributed by atoms with Crippen LogP contribution in [0.3, 0.4) is 0 Å². The van der Waals surface area contributed by atoms with E-state index in [4.69, 9.17) is 0 Å². The molecule has 0 atom stereocenters. The van der Waals surface area contributed by atoms with Gasteiger partial charge in [-0.3, -0.25) is 0 Å². The predicted molar refractivity (Wildman–Crippen MR) is 137 cm³/mol. The van der Waals surface area contributed by atoms with Crippen LogP contribution in [-0.2, 0) is 12.8 Å². The molecule has 0 spiro atoms. The smallest absolute Gasteiger partial charge is 0.136 e. The highest BCUT2D eigenvalue weighted by atomic mass is 32.1. The summed E-state index contributed by atoms with van der Waals surface area (Å²) >= 11 is 4.52. The fourth-order valence-corrected chi connectivity index (χ4v) is 5.06. The van der Waals surface area contributed by atoms with Crippen molar-refractivity contribution in [3.63, 3.8) is 0 Å². The van der Waals surface area contributed by atoms with Crippen LogP contribution in [0.15, 0.2) is 65.2 Å². The van der Waals surface area contributed by atoms with Crippen LogP contribution in [0.25, 0.3) is 17.2 Å². The summed E-state index contributed by atoms with van der Waals surface area (Å²) in [4.78, 5) is 3.67. The van der Waals surface area contributed by atoms with E-state index < -0.39 is 11.6 Å². The van der Waals surface area contributed by atoms with Crippen LogP contribution in [0.2, 0.25) is 0 Å². The zero-order valence-electron chi connectivity index (χ0n) is 18.7. The van der Waals surface area contributed by atoms with E-state index in [0.29, 0.717) is 12.0 Å². The second-order valence-electron chi connectivity index (χ2n) is 9.05. The lowest BCUT2D eigenvalue weighted by Crippen LogP contribution is -1.98. The van der Waals surface area contributed by atoms with Crippen LogP contribution in [-0.4, -0.2) is 5.16 Å². The summed E-state index contributed by atoms with van der Waals surface area (Å²) in [7, 11) is 0. The highest BCUT2D eigenvalue weighted by Gasteiger charge is 2.18. The van der Waals surface area contributed by atoms with Gasteiger partial charge in [0.1, 0.15) is 11.6 Å². The van der Waals surface area contributed by atoms with Gasteiger partial charge in [-0.25, -0.2) is 8.78 Å². The molecule has 0 aromatic heterocycles. The Hall–Kier alpha value is -3.38. The molecule has 4 heteroatoms. The fourth-order valence-electron chi connectivity index (χ4n) is 4.96. The lowest BCUT2D eigenvalue weighted by Gasteiger charge is -2.08. The van der Waals surface area contributed by atoms with Gasteiger partial charge in [0, 0.05) is 29.7 Å². The molecule has 0 radical (unpaired) electrons. The van der Waals surface area contributed by atoms with E-state index in [1.165, 1.54) is 49.8 Å². The van der Waals surface area contributed by atoms with Crippen LogP contribution in [0.4, 0.5) is 14.5 Å². The number of rotatable bonds is 4. The zero-order chi connectivity index (χ0) is 23.5. The van der Waals surface area contributed by atoms with E-state index in [1.807, 2.05) is 18.2 Å². The summed E-state index contributed by atoms with van der Waals surface area (Å²) in [6.07, 6.45) is 9.30. The minimum absolute atomic E-state index is 0.0663. The number of allylic oxidation sites excluding steroid dienone is 1. The van der Waals surface area contributed by atoms with E-state index in [9.17, 15) is 8.78 Å². The topological polar surface area (TPSA) is 12.4 Å². The van der Waals surface area contributed by atoms with Crippen LogP contribution in [0.5, 0.6) is 0 Å². The Morgan fingerprint density at radius 2 is 1.65 bits per heavy atom. The van der Waals surface area contributed by atoms with Crippen LogP contribution in [0, 0.1) is 29.4 Å². The summed E-state index contributed by atoms with van der Waals surface area (Å²) in [6.45, 7) is 0. The molecule has 0 aliphatic heterocycles. The Labute approximate surface area is 204 Å². The van der Waals surface area contributed by atoms with Crippen LogP contribution < -0.4 is 0 Å². The Morgan fingerprint density at radius 3 is 2.35 bits per heavy atom. The number of aliphatic imine (C=N–C) groups is 1. The lowest BCUT2D eigenvalue weighted by atomic mass is 9.97. The molecular formula is C30H23F2NS. The third kappa shape index (κ3) is 4.92. The van der Waals surface area contributed by atoms with E-state index in [2.05, 4.69) is 58.5 Å². The van der Waals surface area contributed by atoms with Crippen molar-refractivity contribution in [3.05, 3.63) is 94.1 Å². The average molecular weight is 468 g/mol. The average Bonchev–Trinajstić information content (AvgIpc) is 3.47. The summed E-state index contributed by atoms with van der Waals surface area (Å²) in [5.74, 6) is 6.02. The van der Waals surface area contributed by atoms with Crippen LogP contribution >= 0.6 is 12.2 Å². The highest BCUT2D eigenvalue weighted by molar-refractivity contribution is 7.78. The van der Waals surface area contributed by atoms with Crippen molar-refractivity contribution in [1.29, 1.82) is 0 Å². The maximum atomic E-state index is 14.6. The van der Waals surface area contributed by atoms with Crippen molar-refractivity contribution < 1.29 is 8.78 Å². The molecule has 1 saturated carbocycles. The molecule has 3 aromatic rings. The molecule has 5 rings (SSSR count). The van der Waals surface area contributed by atoms with Crippen molar-refractivity contribution in [2.45, 2.75) is 38.5 Å². The Morgan fingerprint density at radius 1 is 0.912 bits per heavy atom. The molecule has 1 fully saturated rings. The van der Waals surface area contributed by atoms with Gasteiger partial charge < -0.3 is 0 Å². The third-order valence-corrected chi connectivity index (χ3v) is 6.76. The van der Waals surface area contributed by atoms with Gasteiger partial charge in [0.2, 0.25) is 0 Å². The second-order valence-corrected chi connectivity index (χ2v) is 9.23. The minimum Gasteiger partial charge on any atom is -0.206 e. The van der Waals surface area contributed by atoms with Gasteiger partial charge >= 0.3 is 0 Å². The zero-order valence-corrected chi connectivity index (χ0v) is 19.5. The molecular weight excluding hydrogens is 444 g/mol. The largest absolute Gasteiger partial charge is 0.206 e. The fraction of sp³-hybridized carbons (Fsp3) is 0.233. The molecule has 0 unspecified atom stereocenters. The minimum atomic E-state index is -0.675. The molecule has 34 heavy (non-hydrogen) atoms. The van der Waals surface area contributed by atoms with E-state index in [-0.39, 0.29) is 11.3 Å². The molecule has 0 N–H and O–H groups in total. The quantitative estimate of drug-likeness (QED) is 0.215. The van der Waals surface area contributed by atoms with Crippen molar-refractivity contribution in [2.75, 3.05) is 0 Å². The summed E-state index contributed by atoms with van der Waals surface area (Å²) in [6, 6.07) is 16.4. The first-order chi connectivity index (χ1) is 16.6. The van der Waals surface area contributed by atoms with Crippen molar-refractivity contribution in [2.24, 2.45) is 10.9 Å². The van der Waals surface area contributed by atoms with Gasteiger partial charge in [-0.05, 0) is 71.1 Å². The molecule has 0 saturated heterocycles. The second kappa shape index (κ2) is 9.85. The maximum absolute atomic E-state index is 14.6. The molecule has 0 heterocycles. The third-order valence-electron chi connectivity index (χ3n) is 6.66. The molecule has 168 valence electrons. The number of halogens is 2. The van der Waals surface area contributed by atoms with Gasteiger partial charge in [-0.15, -0.1) is 0 Å². The van der Waals surface area contributed by atoms with Gasteiger partial charge in [-0.2, -0.15) is 4.99 Å². The summed E-state index contributed by atoms with van der Waals surface area (Å²) in [5, 5.41) is 2.13. The molecule has 3 aromatic carbocycles. The van der Waals surface area contributed by atoms with Gasteiger partial charge in [0.25, 0.3) is 0 Å². The Bertz CT molecular complexity index is 1360. The lowest BCUT2D eigenvalue weighted by molar-refractivity contribution is 0.546. The maximum Gasteiger partial charge on any atom is 0.136 e. The predicted octanol–water partition coefficient (Wildman–Crippen LogP) is 8.09. The molecule has 1 nitrogen and oxygen atoms in total. The first-order valence-electron chi connectivity index (χ1n) is 11.6.